The van der Waals surface area contributed by atoms with Gasteiger partial charge in [-0.25, -0.2) is 0 Å². The van der Waals surface area contributed by atoms with E-state index >= 15 is 0 Å². The Morgan fingerprint density at radius 2 is 2.54 bits per heavy atom. The van der Waals surface area contributed by atoms with Crippen LogP contribution in [0.3, 0.4) is 0 Å². The Labute approximate surface area is 79.5 Å². The number of furan rings is 1. The van der Waals surface area contributed by atoms with Gasteiger partial charge in [0.1, 0.15) is 0 Å². The molecule has 2 aromatic rings. The lowest BCUT2D eigenvalue weighted by molar-refractivity contribution is 0.561. The zero-order chi connectivity index (χ0) is 9.10. The fourth-order valence-corrected chi connectivity index (χ4v) is 1.60. The van der Waals surface area contributed by atoms with Gasteiger partial charge in [0.2, 0.25) is 0 Å². The molecule has 2 rings (SSSR count). The van der Waals surface area contributed by atoms with E-state index in [1.807, 2.05) is 6.07 Å². The van der Waals surface area contributed by atoms with Gasteiger partial charge in [-0.2, -0.15) is 0 Å². The highest BCUT2D eigenvalue weighted by molar-refractivity contribution is 7.05. The molecule has 2 aromatic heterocycles. The fourth-order valence-electron chi connectivity index (χ4n) is 1.10. The largest absolute Gasteiger partial charge is 0.472 e. The van der Waals surface area contributed by atoms with Gasteiger partial charge in [0.25, 0.3) is 0 Å². The Balaban J connectivity index is 2.04. The van der Waals surface area contributed by atoms with Gasteiger partial charge in [-0.15, -0.1) is 5.10 Å². The molecule has 1 unspecified atom stereocenters. The second-order valence-corrected chi connectivity index (χ2v) is 3.58. The van der Waals surface area contributed by atoms with Crippen LogP contribution in [0.25, 0.3) is 0 Å². The van der Waals surface area contributed by atoms with Crippen LogP contribution >= 0.6 is 11.5 Å². The molecule has 0 bridgehead atoms. The lowest BCUT2D eigenvalue weighted by Gasteiger charge is -2.04. The summed E-state index contributed by atoms with van der Waals surface area (Å²) in [4.78, 5) is 1.00. The first-order valence-corrected chi connectivity index (χ1v) is 4.67. The van der Waals surface area contributed by atoms with Gasteiger partial charge in [0, 0.05) is 6.04 Å². The van der Waals surface area contributed by atoms with E-state index in [1.165, 1.54) is 11.5 Å². The van der Waals surface area contributed by atoms with Gasteiger partial charge in [-0.1, -0.05) is 4.49 Å². The number of hydrogen-bond donors (Lipinski definition) is 1. The average molecular weight is 195 g/mol. The van der Waals surface area contributed by atoms with Crippen LogP contribution in [0.2, 0.25) is 0 Å². The number of nitrogens with zero attached hydrogens (tertiary/aromatic N) is 2. The molecule has 0 amide bonds. The van der Waals surface area contributed by atoms with Gasteiger partial charge in [-0.3, -0.25) is 0 Å². The lowest BCUT2D eigenvalue weighted by Crippen LogP contribution is -2.11. The van der Waals surface area contributed by atoms with Crippen LogP contribution in [-0.4, -0.2) is 9.59 Å². The molecule has 68 valence electrons. The molecule has 1 atom stereocenters. The third kappa shape index (κ3) is 1.93. The van der Waals surface area contributed by atoms with Crippen molar-refractivity contribution >= 4 is 11.5 Å². The molecule has 0 saturated carbocycles. The van der Waals surface area contributed by atoms with Crippen LogP contribution < -0.4 is 5.73 Å². The standard InChI is InChI=1S/C8H9N3OS/c9-7(8-4-10-11-13-8)3-6-1-2-12-5-6/h1-2,4-5,7H,3,9H2. The molecular formula is C8H9N3OS. The Morgan fingerprint density at radius 1 is 1.62 bits per heavy atom. The maximum atomic E-state index is 5.92. The molecule has 0 radical (unpaired) electrons. The van der Waals surface area contributed by atoms with Crippen molar-refractivity contribution < 1.29 is 4.42 Å². The van der Waals surface area contributed by atoms with Gasteiger partial charge < -0.3 is 10.2 Å². The smallest absolute Gasteiger partial charge is 0.0935 e. The van der Waals surface area contributed by atoms with E-state index in [0.29, 0.717) is 0 Å². The summed E-state index contributed by atoms with van der Waals surface area (Å²) in [6.45, 7) is 0. The predicted octanol–water partition coefficient (Wildman–Crippen LogP) is 1.37. The van der Waals surface area contributed by atoms with E-state index in [4.69, 9.17) is 10.2 Å². The van der Waals surface area contributed by atoms with Crippen molar-refractivity contribution in [3.63, 3.8) is 0 Å². The quantitative estimate of drug-likeness (QED) is 0.803. The predicted molar refractivity (Wildman–Crippen MR) is 49.2 cm³/mol. The van der Waals surface area contributed by atoms with Gasteiger partial charge in [-0.05, 0) is 29.6 Å². The van der Waals surface area contributed by atoms with E-state index in [9.17, 15) is 0 Å². The molecule has 0 saturated heterocycles. The Morgan fingerprint density at radius 3 is 3.15 bits per heavy atom. The summed E-state index contributed by atoms with van der Waals surface area (Å²) < 4.78 is 8.71. The minimum Gasteiger partial charge on any atom is -0.472 e. The lowest BCUT2D eigenvalue weighted by atomic mass is 10.1. The second kappa shape index (κ2) is 3.68. The molecule has 13 heavy (non-hydrogen) atoms. The molecule has 0 spiro atoms. The third-order valence-corrected chi connectivity index (χ3v) is 2.57. The van der Waals surface area contributed by atoms with Crippen LogP contribution in [0.5, 0.6) is 0 Å². The molecule has 0 fully saturated rings. The van der Waals surface area contributed by atoms with Crippen LogP contribution in [0.4, 0.5) is 0 Å². The zero-order valence-corrected chi connectivity index (χ0v) is 7.70. The number of hydrogen-bond acceptors (Lipinski definition) is 5. The maximum Gasteiger partial charge on any atom is 0.0935 e. The highest BCUT2D eigenvalue weighted by Gasteiger charge is 2.09. The minimum atomic E-state index is -0.0300. The van der Waals surface area contributed by atoms with Crippen molar-refractivity contribution in [1.82, 2.24) is 9.59 Å². The van der Waals surface area contributed by atoms with Crippen LogP contribution in [0.15, 0.2) is 29.2 Å². The Bertz CT molecular complexity index is 343. The molecule has 0 aromatic carbocycles. The summed E-state index contributed by atoms with van der Waals surface area (Å²) in [6, 6.07) is 1.88. The van der Waals surface area contributed by atoms with Crippen molar-refractivity contribution in [1.29, 1.82) is 0 Å². The van der Waals surface area contributed by atoms with E-state index in [0.717, 1.165) is 16.9 Å². The molecule has 0 aliphatic carbocycles. The van der Waals surface area contributed by atoms with E-state index in [-0.39, 0.29) is 6.04 Å². The first kappa shape index (κ1) is 8.40. The Hall–Kier alpha value is -1.20. The third-order valence-electron chi connectivity index (χ3n) is 1.78. The zero-order valence-electron chi connectivity index (χ0n) is 6.88. The van der Waals surface area contributed by atoms with Gasteiger partial charge in [0.05, 0.1) is 23.6 Å². The summed E-state index contributed by atoms with van der Waals surface area (Å²) >= 11 is 1.34. The summed E-state index contributed by atoms with van der Waals surface area (Å²) in [5, 5.41) is 3.74. The van der Waals surface area contributed by atoms with Gasteiger partial charge in [0.15, 0.2) is 0 Å². The minimum absolute atomic E-state index is 0.0300. The number of nitrogens with two attached hydrogens (primary N) is 1. The molecule has 0 aliphatic heterocycles. The fraction of sp³-hybridized carbons (Fsp3) is 0.250. The van der Waals surface area contributed by atoms with Crippen molar-refractivity contribution in [3.8, 4) is 0 Å². The van der Waals surface area contributed by atoms with E-state index in [1.54, 1.807) is 18.7 Å². The normalized spacial score (nSPS) is 13.0. The molecule has 0 aliphatic rings. The van der Waals surface area contributed by atoms with Crippen LogP contribution in [0.1, 0.15) is 16.5 Å². The van der Waals surface area contributed by atoms with Crippen molar-refractivity contribution in [2.75, 3.05) is 0 Å². The summed E-state index contributed by atoms with van der Waals surface area (Å²) in [6.07, 6.45) is 5.82. The number of aromatic nitrogens is 2. The molecular weight excluding hydrogens is 186 g/mol. The van der Waals surface area contributed by atoms with Crippen molar-refractivity contribution in [3.05, 3.63) is 35.2 Å². The maximum absolute atomic E-state index is 5.92. The summed E-state index contributed by atoms with van der Waals surface area (Å²) in [5.41, 5.74) is 7.02. The van der Waals surface area contributed by atoms with Crippen molar-refractivity contribution in [2.24, 2.45) is 5.73 Å². The van der Waals surface area contributed by atoms with E-state index < -0.39 is 0 Å². The first-order chi connectivity index (χ1) is 6.36. The molecule has 2 heterocycles. The monoisotopic (exact) mass is 195 g/mol. The Kier molecular flexibility index (Phi) is 2.37. The summed E-state index contributed by atoms with van der Waals surface area (Å²) in [7, 11) is 0. The molecule has 2 N–H and O–H groups in total. The summed E-state index contributed by atoms with van der Waals surface area (Å²) in [5.74, 6) is 0. The highest BCUT2D eigenvalue weighted by atomic mass is 32.1. The van der Waals surface area contributed by atoms with Crippen LogP contribution in [0, 0.1) is 0 Å². The SMILES string of the molecule is NC(Cc1ccoc1)c1cnns1. The second-order valence-electron chi connectivity index (χ2n) is 2.76. The van der Waals surface area contributed by atoms with Crippen LogP contribution in [-0.2, 0) is 6.42 Å². The topological polar surface area (TPSA) is 64.9 Å². The highest BCUT2D eigenvalue weighted by Crippen LogP contribution is 2.17. The molecule has 4 nitrogen and oxygen atoms in total. The van der Waals surface area contributed by atoms with Gasteiger partial charge >= 0.3 is 0 Å². The average Bonchev–Trinajstić information content (AvgIpc) is 2.74. The molecule has 5 heteroatoms. The van der Waals surface area contributed by atoms with E-state index in [2.05, 4.69) is 9.59 Å². The first-order valence-electron chi connectivity index (χ1n) is 3.90. The van der Waals surface area contributed by atoms with Crippen molar-refractivity contribution in [2.45, 2.75) is 12.5 Å². The number of rotatable bonds is 3.